The molecule has 1 aromatic rings. The van der Waals surface area contributed by atoms with Gasteiger partial charge in [0.05, 0.1) is 0 Å². The predicted octanol–water partition coefficient (Wildman–Crippen LogP) is 5.42. The first-order chi connectivity index (χ1) is 10.6. The molecule has 0 spiro atoms. The fourth-order valence-corrected chi connectivity index (χ4v) is 6.28. The summed E-state index contributed by atoms with van der Waals surface area (Å²) in [6, 6.07) is 8.86. The Bertz CT molecular complexity index is 486. The molecule has 22 heavy (non-hydrogen) atoms. The maximum absolute atomic E-state index is 5.96. The Labute approximate surface area is 139 Å². The van der Waals surface area contributed by atoms with Gasteiger partial charge in [-0.3, -0.25) is 0 Å². The third-order valence-electron chi connectivity index (χ3n) is 6.47. The Hall–Kier alpha value is -0.530. The number of benzene rings is 1. The Balaban J connectivity index is 1.34. The molecule has 1 aromatic carbocycles. The van der Waals surface area contributed by atoms with Crippen molar-refractivity contribution in [3.63, 3.8) is 0 Å². The molecule has 0 amide bonds. The highest BCUT2D eigenvalue weighted by Crippen LogP contribution is 2.61. The summed E-state index contributed by atoms with van der Waals surface area (Å²) in [4.78, 5) is 0. The maximum Gasteiger partial charge on any atom is 0.0406 e. The van der Waals surface area contributed by atoms with Crippen LogP contribution in [0.2, 0.25) is 5.02 Å². The van der Waals surface area contributed by atoms with E-state index in [1.54, 1.807) is 19.3 Å². The van der Waals surface area contributed by atoms with Crippen molar-refractivity contribution < 1.29 is 0 Å². The summed E-state index contributed by atoms with van der Waals surface area (Å²) in [6.07, 6.45) is 10.6. The second-order valence-corrected chi connectivity index (χ2v) is 8.97. The molecular formula is C20H28ClN. The molecule has 4 aliphatic rings. The minimum atomic E-state index is 0.618. The molecule has 1 N–H and O–H groups in total. The number of hydrogen-bond donors (Lipinski definition) is 1. The van der Waals surface area contributed by atoms with Crippen LogP contribution in [-0.4, -0.2) is 6.04 Å². The van der Waals surface area contributed by atoms with Gasteiger partial charge in [0, 0.05) is 17.6 Å². The molecule has 120 valence electrons. The summed E-state index contributed by atoms with van der Waals surface area (Å²) in [7, 11) is 0. The van der Waals surface area contributed by atoms with Gasteiger partial charge < -0.3 is 5.32 Å². The molecule has 4 fully saturated rings. The molecule has 0 radical (unpaired) electrons. The second kappa shape index (κ2) is 5.83. The number of rotatable bonds is 5. The highest BCUT2D eigenvalue weighted by atomic mass is 35.5. The van der Waals surface area contributed by atoms with Gasteiger partial charge in [-0.25, -0.2) is 0 Å². The van der Waals surface area contributed by atoms with E-state index in [0.717, 1.165) is 29.3 Å². The van der Waals surface area contributed by atoms with Gasteiger partial charge in [-0.2, -0.15) is 0 Å². The summed E-state index contributed by atoms with van der Waals surface area (Å²) in [5, 5.41) is 4.57. The van der Waals surface area contributed by atoms with Gasteiger partial charge in [0.2, 0.25) is 0 Å². The molecule has 1 unspecified atom stereocenters. The summed E-state index contributed by atoms with van der Waals surface area (Å²) in [5.41, 5.74) is 2.02. The van der Waals surface area contributed by atoms with Crippen molar-refractivity contribution in [1.29, 1.82) is 0 Å². The van der Waals surface area contributed by atoms with Crippen molar-refractivity contribution >= 4 is 11.6 Å². The zero-order valence-corrected chi connectivity index (χ0v) is 14.4. The van der Waals surface area contributed by atoms with Crippen LogP contribution in [0.4, 0.5) is 0 Å². The van der Waals surface area contributed by atoms with Crippen LogP contribution in [0.15, 0.2) is 24.3 Å². The van der Waals surface area contributed by atoms with Gasteiger partial charge >= 0.3 is 0 Å². The zero-order valence-electron chi connectivity index (χ0n) is 13.7. The van der Waals surface area contributed by atoms with Gasteiger partial charge in [0.15, 0.2) is 0 Å². The van der Waals surface area contributed by atoms with E-state index in [1.807, 2.05) is 12.1 Å². The van der Waals surface area contributed by atoms with Crippen molar-refractivity contribution in [2.24, 2.45) is 23.2 Å². The SMILES string of the molecule is CC(CC12CC3CC(CC(C3)C1)C2)NCc1ccc(Cl)cc1. The molecule has 4 bridgehead atoms. The van der Waals surface area contributed by atoms with Gasteiger partial charge in [-0.05, 0) is 92.7 Å². The second-order valence-electron chi connectivity index (χ2n) is 8.53. The minimum absolute atomic E-state index is 0.618. The Morgan fingerprint density at radius 2 is 1.59 bits per heavy atom. The average Bonchev–Trinajstić information content (AvgIpc) is 2.44. The van der Waals surface area contributed by atoms with E-state index < -0.39 is 0 Å². The summed E-state index contributed by atoms with van der Waals surface area (Å²) >= 11 is 5.96. The molecule has 0 heterocycles. The number of nitrogens with one attached hydrogen (secondary N) is 1. The quantitative estimate of drug-likeness (QED) is 0.764. The zero-order chi connectivity index (χ0) is 15.2. The summed E-state index contributed by atoms with van der Waals surface area (Å²) in [6.45, 7) is 3.35. The van der Waals surface area contributed by atoms with Crippen LogP contribution in [0, 0.1) is 23.2 Å². The fraction of sp³-hybridized carbons (Fsp3) is 0.700. The van der Waals surface area contributed by atoms with Crippen molar-refractivity contribution in [3.8, 4) is 0 Å². The highest BCUT2D eigenvalue weighted by Gasteiger charge is 2.50. The maximum atomic E-state index is 5.96. The fourth-order valence-electron chi connectivity index (χ4n) is 6.16. The third-order valence-corrected chi connectivity index (χ3v) is 6.72. The van der Waals surface area contributed by atoms with Crippen LogP contribution in [0.1, 0.15) is 57.4 Å². The molecule has 4 aliphatic carbocycles. The number of halogens is 1. The Morgan fingerprint density at radius 3 is 2.14 bits per heavy atom. The van der Waals surface area contributed by atoms with Crippen molar-refractivity contribution in [1.82, 2.24) is 5.32 Å². The van der Waals surface area contributed by atoms with Crippen molar-refractivity contribution in [2.75, 3.05) is 0 Å². The molecule has 4 saturated carbocycles. The van der Waals surface area contributed by atoms with Crippen LogP contribution in [-0.2, 0) is 6.54 Å². The molecule has 5 rings (SSSR count). The average molecular weight is 318 g/mol. The molecule has 0 aliphatic heterocycles. The first-order valence-corrected chi connectivity index (χ1v) is 9.46. The normalized spacial score (nSPS) is 37.5. The first-order valence-electron chi connectivity index (χ1n) is 9.08. The van der Waals surface area contributed by atoms with Crippen LogP contribution < -0.4 is 5.32 Å². The van der Waals surface area contributed by atoms with Crippen molar-refractivity contribution in [3.05, 3.63) is 34.9 Å². The van der Waals surface area contributed by atoms with Crippen LogP contribution >= 0.6 is 11.6 Å². The standard InChI is InChI=1S/C20H28ClN/c1-14(22-13-15-2-4-19(21)5-3-15)9-20-10-16-6-17(11-20)8-18(7-16)12-20/h2-5,14,16-18,22H,6-13H2,1H3. The van der Waals surface area contributed by atoms with Gasteiger partial charge in [0.1, 0.15) is 0 Å². The highest BCUT2D eigenvalue weighted by molar-refractivity contribution is 6.30. The van der Waals surface area contributed by atoms with E-state index in [0.29, 0.717) is 11.5 Å². The number of hydrogen-bond acceptors (Lipinski definition) is 1. The molecule has 1 nitrogen and oxygen atoms in total. The van der Waals surface area contributed by atoms with E-state index in [2.05, 4.69) is 24.4 Å². The summed E-state index contributed by atoms with van der Waals surface area (Å²) < 4.78 is 0. The lowest BCUT2D eigenvalue weighted by molar-refractivity contribution is -0.0612. The molecule has 0 aromatic heterocycles. The molecular weight excluding hydrogens is 290 g/mol. The van der Waals surface area contributed by atoms with Crippen LogP contribution in [0.3, 0.4) is 0 Å². The van der Waals surface area contributed by atoms with Crippen molar-refractivity contribution in [2.45, 2.75) is 64.5 Å². The third kappa shape index (κ3) is 3.08. The Kier molecular flexibility index (Phi) is 3.98. The monoisotopic (exact) mass is 317 g/mol. The molecule has 1 atom stereocenters. The smallest absolute Gasteiger partial charge is 0.0406 e. The largest absolute Gasteiger partial charge is 0.310 e. The van der Waals surface area contributed by atoms with E-state index in [4.69, 9.17) is 11.6 Å². The topological polar surface area (TPSA) is 12.0 Å². The molecule has 0 saturated heterocycles. The predicted molar refractivity (Wildman–Crippen MR) is 93.0 cm³/mol. The van der Waals surface area contributed by atoms with Gasteiger partial charge in [0.25, 0.3) is 0 Å². The lowest BCUT2D eigenvalue weighted by atomic mass is 9.48. The van der Waals surface area contributed by atoms with Crippen LogP contribution in [0.25, 0.3) is 0 Å². The minimum Gasteiger partial charge on any atom is -0.310 e. The van der Waals surface area contributed by atoms with E-state index in [1.165, 1.54) is 31.2 Å². The van der Waals surface area contributed by atoms with Gasteiger partial charge in [-0.1, -0.05) is 23.7 Å². The van der Waals surface area contributed by atoms with E-state index >= 15 is 0 Å². The first kappa shape index (κ1) is 15.0. The van der Waals surface area contributed by atoms with Crippen LogP contribution in [0.5, 0.6) is 0 Å². The van der Waals surface area contributed by atoms with E-state index in [-0.39, 0.29) is 0 Å². The lowest BCUT2D eigenvalue weighted by Gasteiger charge is -2.57. The molecule has 2 heteroatoms. The Morgan fingerprint density at radius 1 is 1.05 bits per heavy atom. The lowest BCUT2D eigenvalue weighted by Crippen LogP contribution is -2.48. The van der Waals surface area contributed by atoms with E-state index in [9.17, 15) is 0 Å². The summed E-state index contributed by atoms with van der Waals surface area (Å²) in [5.74, 6) is 3.19. The van der Waals surface area contributed by atoms with Gasteiger partial charge in [-0.15, -0.1) is 0 Å².